The number of hydrogen-bond acceptors (Lipinski definition) is 4. The summed E-state index contributed by atoms with van der Waals surface area (Å²) in [4.78, 5) is 41.2. The average Bonchev–Trinajstić information content (AvgIpc) is 3.28. The molecule has 0 aromatic heterocycles. The van der Waals surface area contributed by atoms with E-state index in [1.54, 1.807) is 25.7 Å². The van der Waals surface area contributed by atoms with Gasteiger partial charge in [-0.1, -0.05) is 38.8 Å². The molecule has 3 rings (SSSR count). The molecule has 0 unspecified atom stereocenters. The Bertz CT molecular complexity index is 742. The van der Waals surface area contributed by atoms with Crippen LogP contribution in [0, 0.1) is 17.8 Å². The maximum Gasteiger partial charge on any atom is 0.408 e. The van der Waals surface area contributed by atoms with Crippen LogP contribution in [0.1, 0.15) is 86.0 Å². The SMILES string of the molecule is CC(C)C[C@@H]1C[C@H]2C(=O)N[C@@H]3C[C@H]3/C=C\CCCCC[C@H](NC(=O)OC(C)(C)C)C(=O)N2C1. The summed E-state index contributed by atoms with van der Waals surface area (Å²) < 4.78 is 5.43. The molecule has 33 heavy (non-hydrogen) atoms. The second kappa shape index (κ2) is 10.9. The highest BCUT2D eigenvalue weighted by Gasteiger charge is 2.44. The van der Waals surface area contributed by atoms with Crippen molar-refractivity contribution in [3.05, 3.63) is 12.2 Å². The zero-order valence-corrected chi connectivity index (χ0v) is 21.1. The number of nitrogens with zero attached hydrogens (tertiary/aromatic N) is 1. The van der Waals surface area contributed by atoms with Crippen molar-refractivity contribution in [3.8, 4) is 0 Å². The molecular formula is C26H43N3O4. The zero-order valence-electron chi connectivity index (χ0n) is 21.1. The third-order valence-corrected chi connectivity index (χ3v) is 6.68. The number of carbonyl (C=O) groups excluding carboxylic acids is 3. The van der Waals surface area contributed by atoms with Gasteiger partial charge in [-0.05, 0) is 77.0 Å². The topological polar surface area (TPSA) is 87.7 Å². The number of ether oxygens (including phenoxy) is 1. The van der Waals surface area contributed by atoms with Gasteiger partial charge in [-0.15, -0.1) is 0 Å². The first-order valence-corrected chi connectivity index (χ1v) is 12.8. The van der Waals surface area contributed by atoms with Crippen LogP contribution in [0.5, 0.6) is 0 Å². The quantitative estimate of drug-likeness (QED) is 0.618. The van der Waals surface area contributed by atoms with Gasteiger partial charge in [0, 0.05) is 12.6 Å². The van der Waals surface area contributed by atoms with E-state index in [9.17, 15) is 14.4 Å². The maximum atomic E-state index is 13.7. The Hall–Kier alpha value is -2.05. The summed E-state index contributed by atoms with van der Waals surface area (Å²) in [6, 6.07) is -0.975. The van der Waals surface area contributed by atoms with E-state index < -0.39 is 23.8 Å². The summed E-state index contributed by atoms with van der Waals surface area (Å²) in [7, 11) is 0. The molecule has 2 N–H and O–H groups in total. The number of amides is 3. The molecule has 0 aromatic rings. The van der Waals surface area contributed by atoms with E-state index >= 15 is 0 Å². The minimum Gasteiger partial charge on any atom is -0.444 e. The highest BCUT2D eigenvalue weighted by atomic mass is 16.6. The van der Waals surface area contributed by atoms with E-state index in [1.807, 2.05) is 0 Å². The molecule has 2 aliphatic heterocycles. The molecule has 1 saturated heterocycles. The van der Waals surface area contributed by atoms with Gasteiger partial charge in [0.2, 0.25) is 11.8 Å². The monoisotopic (exact) mass is 461 g/mol. The normalized spacial score (nSPS) is 32.2. The fourth-order valence-corrected chi connectivity index (χ4v) is 5.09. The van der Waals surface area contributed by atoms with E-state index in [0.717, 1.165) is 38.5 Å². The van der Waals surface area contributed by atoms with Crippen molar-refractivity contribution in [1.29, 1.82) is 0 Å². The van der Waals surface area contributed by atoms with Crippen LogP contribution in [0.25, 0.3) is 0 Å². The van der Waals surface area contributed by atoms with Gasteiger partial charge in [-0.2, -0.15) is 0 Å². The van der Waals surface area contributed by atoms with E-state index in [1.165, 1.54) is 0 Å². The van der Waals surface area contributed by atoms with Gasteiger partial charge in [-0.25, -0.2) is 4.79 Å². The Labute approximate surface area is 199 Å². The molecular weight excluding hydrogens is 418 g/mol. The molecule has 0 spiro atoms. The average molecular weight is 462 g/mol. The van der Waals surface area contributed by atoms with Crippen molar-refractivity contribution in [2.75, 3.05) is 6.54 Å². The lowest BCUT2D eigenvalue weighted by molar-refractivity contribution is -0.140. The molecule has 7 heteroatoms. The first-order chi connectivity index (χ1) is 15.5. The minimum absolute atomic E-state index is 0.0543. The largest absolute Gasteiger partial charge is 0.444 e. The van der Waals surface area contributed by atoms with Gasteiger partial charge in [0.15, 0.2) is 0 Å². The summed E-state index contributed by atoms with van der Waals surface area (Å²) in [5.74, 6) is 0.993. The van der Waals surface area contributed by atoms with Crippen molar-refractivity contribution in [1.82, 2.24) is 15.5 Å². The summed E-state index contributed by atoms with van der Waals surface area (Å²) in [6.45, 7) is 10.3. The molecule has 3 aliphatic rings. The molecule has 7 nitrogen and oxygen atoms in total. The van der Waals surface area contributed by atoms with E-state index in [-0.39, 0.29) is 17.9 Å². The number of alkyl carbamates (subject to hydrolysis) is 1. The van der Waals surface area contributed by atoms with Crippen molar-refractivity contribution in [3.63, 3.8) is 0 Å². The first kappa shape index (κ1) is 25.6. The smallest absolute Gasteiger partial charge is 0.408 e. The number of allylic oxidation sites excluding steroid dienone is 1. The molecule has 0 bridgehead atoms. The van der Waals surface area contributed by atoms with Crippen LogP contribution in [0.3, 0.4) is 0 Å². The maximum absolute atomic E-state index is 13.7. The van der Waals surface area contributed by atoms with Gasteiger partial charge in [0.05, 0.1) is 0 Å². The van der Waals surface area contributed by atoms with Crippen LogP contribution in [0.2, 0.25) is 0 Å². The fraction of sp³-hybridized carbons (Fsp3) is 0.808. The Morgan fingerprint density at radius 3 is 2.67 bits per heavy atom. The lowest BCUT2D eigenvalue weighted by Gasteiger charge is -2.29. The Kier molecular flexibility index (Phi) is 8.46. The predicted molar refractivity (Wildman–Crippen MR) is 128 cm³/mol. The molecule has 5 atom stereocenters. The Balaban J connectivity index is 1.79. The number of hydrogen-bond donors (Lipinski definition) is 2. The number of fused-ring (bicyclic) bond motifs is 2. The van der Waals surface area contributed by atoms with Crippen LogP contribution < -0.4 is 10.6 Å². The highest BCUT2D eigenvalue weighted by Crippen LogP contribution is 2.34. The molecule has 2 fully saturated rings. The molecule has 186 valence electrons. The highest BCUT2D eigenvalue weighted by molar-refractivity contribution is 5.92. The van der Waals surface area contributed by atoms with Crippen molar-refractivity contribution < 1.29 is 19.1 Å². The second-order valence-corrected chi connectivity index (χ2v) is 11.5. The fourth-order valence-electron chi connectivity index (χ4n) is 5.09. The summed E-state index contributed by atoms with van der Waals surface area (Å²) in [6.07, 6.45) is 10.9. The molecule has 1 aliphatic carbocycles. The van der Waals surface area contributed by atoms with Gasteiger partial charge in [0.1, 0.15) is 17.7 Å². The van der Waals surface area contributed by atoms with Gasteiger partial charge >= 0.3 is 6.09 Å². The molecule has 3 amide bonds. The van der Waals surface area contributed by atoms with E-state index in [0.29, 0.717) is 37.1 Å². The van der Waals surface area contributed by atoms with Crippen LogP contribution in [-0.4, -0.2) is 53.1 Å². The minimum atomic E-state index is -0.678. The van der Waals surface area contributed by atoms with Gasteiger partial charge in [0.25, 0.3) is 0 Å². The van der Waals surface area contributed by atoms with Crippen molar-refractivity contribution >= 4 is 17.9 Å². The Morgan fingerprint density at radius 2 is 1.97 bits per heavy atom. The van der Waals surface area contributed by atoms with Gasteiger partial charge in [-0.3, -0.25) is 9.59 Å². The third-order valence-electron chi connectivity index (χ3n) is 6.68. The van der Waals surface area contributed by atoms with Crippen LogP contribution in [-0.2, 0) is 14.3 Å². The summed E-state index contributed by atoms with van der Waals surface area (Å²) in [5.41, 5.74) is -0.640. The standard InChI is InChI=1S/C26H43N3O4/c1-17(2)13-18-14-22-23(30)27-21-15-19(21)11-9-7-6-8-10-12-20(24(31)29(22)16-18)28-25(32)33-26(3,4)5/h9,11,17-22H,6-8,10,12-16H2,1-5H3,(H,27,30)(H,28,32)/b11-9-/t18-,19-,20+,21-,22+/m1/s1. The summed E-state index contributed by atoms with van der Waals surface area (Å²) >= 11 is 0. The van der Waals surface area contributed by atoms with Crippen LogP contribution >= 0.6 is 0 Å². The Morgan fingerprint density at radius 1 is 1.21 bits per heavy atom. The number of rotatable bonds is 3. The molecule has 0 aromatic carbocycles. The van der Waals surface area contributed by atoms with Crippen molar-refractivity contribution in [2.45, 2.75) is 110 Å². The first-order valence-electron chi connectivity index (χ1n) is 12.8. The van der Waals surface area contributed by atoms with Crippen LogP contribution in [0.15, 0.2) is 12.2 Å². The van der Waals surface area contributed by atoms with Crippen molar-refractivity contribution in [2.24, 2.45) is 17.8 Å². The third kappa shape index (κ3) is 7.75. The number of carbonyl (C=O) groups is 3. The van der Waals surface area contributed by atoms with E-state index in [4.69, 9.17) is 4.74 Å². The van der Waals surface area contributed by atoms with Crippen LogP contribution in [0.4, 0.5) is 4.79 Å². The van der Waals surface area contributed by atoms with Gasteiger partial charge < -0.3 is 20.3 Å². The number of nitrogens with one attached hydrogen (secondary N) is 2. The van der Waals surface area contributed by atoms with E-state index in [2.05, 4.69) is 36.6 Å². The molecule has 0 radical (unpaired) electrons. The predicted octanol–water partition coefficient (Wildman–Crippen LogP) is 4.17. The zero-order chi connectivity index (χ0) is 24.2. The molecule has 2 heterocycles. The second-order valence-electron chi connectivity index (χ2n) is 11.5. The lowest BCUT2D eigenvalue weighted by atomic mass is 9.94. The summed E-state index contributed by atoms with van der Waals surface area (Å²) in [5, 5.41) is 6.00. The lowest BCUT2D eigenvalue weighted by Crippen LogP contribution is -2.54. The molecule has 1 saturated carbocycles.